The first-order valence-corrected chi connectivity index (χ1v) is 7.37. The van der Waals surface area contributed by atoms with Gasteiger partial charge in [0.15, 0.2) is 0 Å². The van der Waals surface area contributed by atoms with Crippen molar-refractivity contribution in [1.82, 2.24) is 14.9 Å². The first-order chi connectivity index (χ1) is 9.94. The zero-order valence-corrected chi connectivity index (χ0v) is 13.2. The minimum absolute atomic E-state index is 0.0329. The highest BCUT2D eigenvalue weighted by molar-refractivity contribution is 5.88. The van der Waals surface area contributed by atoms with Gasteiger partial charge in [0.05, 0.1) is 6.54 Å². The Hall–Kier alpha value is -1.91. The van der Waals surface area contributed by atoms with Gasteiger partial charge in [-0.2, -0.15) is 0 Å². The van der Waals surface area contributed by atoms with Gasteiger partial charge in [-0.1, -0.05) is 5.57 Å². The van der Waals surface area contributed by atoms with Crippen molar-refractivity contribution in [2.75, 3.05) is 13.1 Å². The van der Waals surface area contributed by atoms with E-state index in [1.165, 1.54) is 0 Å². The zero-order valence-electron chi connectivity index (χ0n) is 13.2. The Labute approximate surface area is 126 Å². The zero-order chi connectivity index (χ0) is 15.4. The van der Waals surface area contributed by atoms with Crippen LogP contribution in [0.2, 0.25) is 0 Å². The van der Waals surface area contributed by atoms with Crippen LogP contribution in [0.25, 0.3) is 0 Å². The molecule has 1 aromatic rings. The standard InChI is InChI=1S/C16H23N3O2/c1-11(2)8-15(20)19-7-5-6-14(10-19)21-16-17-12(3)9-13(4)18-16/h8-9,14H,5-7,10H2,1-4H3. The number of rotatable bonds is 3. The molecule has 21 heavy (non-hydrogen) atoms. The molecule has 5 nitrogen and oxygen atoms in total. The van der Waals surface area contributed by atoms with Crippen LogP contribution in [-0.2, 0) is 4.79 Å². The van der Waals surface area contributed by atoms with E-state index in [-0.39, 0.29) is 12.0 Å². The fourth-order valence-corrected chi connectivity index (χ4v) is 2.47. The largest absolute Gasteiger partial charge is 0.458 e. The lowest BCUT2D eigenvalue weighted by Crippen LogP contribution is -2.44. The Morgan fingerprint density at radius 1 is 1.33 bits per heavy atom. The van der Waals surface area contributed by atoms with Crippen LogP contribution in [0.1, 0.15) is 38.1 Å². The van der Waals surface area contributed by atoms with Crippen LogP contribution in [0.3, 0.4) is 0 Å². The number of piperidine rings is 1. The average molecular weight is 289 g/mol. The molecule has 0 saturated carbocycles. The molecule has 1 unspecified atom stereocenters. The number of ether oxygens (including phenoxy) is 1. The maximum atomic E-state index is 12.1. The van der Waals surface area contributed by atoms with Gasteiger partial charge in [-0.15, -0.1) is 0 Å². The number of allylic oxidation sites excluding steroid dienone is 1. The summed E-state index contributed by atoms with van der Waals surface area (Å²) in [6, 6.07) is 2.33. The molecule has 1 aromatic heterocycles. The van der Waals surface area contributed by atoms with Gasteiger partial charge in [0, 0.05) is 24.0 Å². The van der Waals surface area contributed by atoms with Crippen LogP contribution in [0, 0.1) is 13.8 Å². The molecule has 0 radical (unpaired) electrons. The number of aromatic nitrogens is 2. The predicted octanol–water partition coefficient (Wildman–Crippen LogP) is 2.43. The minimum atomic E-state index is -0.0329. The van der Waals surface area contributed by atoms with Crippen molar-refractivity contribution in [1.29, 1.82) is 0 Å². The monoisotopic (exact) mass is 289 g/mol. The van der Waals surface area contributed by atoms with Crippen LogP contribution in [-0.4, -0.2) is 40.0 Å². The van der Waals surface area contributed by atoms with Gasteiger partial charge in [-0.25, -0.2) is 9.97 Å². The summed E-state index contributed by atoms with van der Waals surface area (Å²) < 4.78 is 5.87. The van der Waals surface area contributed by atoms with Crippen molar-refractivity contribution >= 4 is 5.91 Å². The van der Waals surface area contributed by atoms with Crippen LogP contribution in [0.15, 0.2) is 17.7 Å². The van der Waals surface area contributed by atoms with Crippen molar-refractivity contribution in [3.63, 3.8) is 0 Å². The molecule has 1 aliphatic heterocycles. The summed E-state index contributed by atoms with van der Waals surface area (Å²) in [6.07, 6.45) is 3.51. The lowest BCUT2D eigenvalue weighted by atomic mass is 10.1. The van der Waals surface area contributed by atoms with Gasteiger partial charge in [-0.3, -0.25) is 4.79 Å². The third kappa shape index (κ3) is 4.55. The van der Waals surface area contributed by atoms with Gasteiger partial charge in [0.2, 0.25) is 5.91 Å². The SMILES string of the molecule is CC(C)=CC(=O)N1CCCC(Oc2nc(C)cc(C)n2)C1. The molecule has 1 fully saturated rings. The minimum Gasteiger partial charge on any atom is -0.458 e. The smallest absolute Gasteiger partial charge is 0.317 e. The van der Waals surface area contributed by atoms with E-state index < -0.39 is 0 Å². The van der Waals surface area contributed by atoms with E-state index in [9.17, 15) is 4.79 Å². The van der Waals surface area contributed by atoms with Gasteiger partial charge in [0.25, 0.3) is 0 Å². The molecule has 0 spiro atoms. The number of aryl methyl sites for hydroxylation is 2. The fourth-order valence-electron chi connectivity index (χ4n) is 2.47. The quantitative estimate of drug-likeness (QED) is 0.802. The Morgan fingerprint density at radius 2 is 2.00 bits per heavy atom. The van der Waals surface area contributed by atoms with Crippen LogP contribution in [0.4, 0.5) is 0 Å². The van der Waals surface area contributed by atoms with Crippen LogP contribution < -0.4 is 4.74 Å². The number of amides is 1. The molecular formula is C16H23N3O2. The molecule has 0 N–H and O–H groups in total. The molecular weight excluding hydrogens is 266 g/mol. The lowest BCUT2D eigenvalue weighted by Gasteiger charge is -2.31. The molecule has 1 amide bonds. The van der Waals surface area contributed by atoms with Gasteiger partial charge in [0.1, 0.15) is 6.10 Å². The van der Waals surface area contributed by atoms with Gasteiger partial charge in [-0.05, 0) is 46.6 Å². The van der Waals surface area contributed by atoms with Crippen molar-refractivity contribution in [3.8, 4) is 6.01 Å². The van der Waals surface area contributed by atoms with E-state index in [0.717, 1.165) is 36.3 Å². The summed E-state index contributed by atoms with van der Waals surface area (Å²) in [5.41, 5.74) is 2.80. The number of nitrogens with zero attached hydrogens (tertiary/aromatic N) is 3. The molecule has 0 aromatic carbocycles. The summed E-state index contributed by atoms with van der Waals surface area (Å²) in [5.74, 6) is 0.0599. The van der Waals surface area contributed by atoms with Crippen molar-refractivity contribution < 1.29 is 9.53 Å². The summed E-state index contributed by atoms with van der Waals surface area (Å²) >= 11 is 0. The highest BCUT2D eigenvalue weighted by atomic mass is 16.5. The van der Waals surface area contributed by atoms with E-state index >= 15 is 0 Å². The molecule has 2 rings (SSSR count). The first-order valence-electron chi connectivity index (χ1n) is 7.37. The van der Waals surface area contributed by atoms with E-state index in [1.807, 2.05) is 38.7 Å². The number of likely N-dealkylation sites (tertiary alicyclic amines) is 1. The van der Waals surface area contributed by atoms with E-state index in [2.05, 4.69) is 9.97 Å². The van der Waals surface area contributed by atoms with Crippen molar-refractivity contribution in [2.45, 2.75) is 46.6 Å². The van der Waals surface area contributed by atoms with Gasteiger partial charge < -0.3 is 9.64 Å². The maximum absolute atomic E-state index is 12.1. The Balaban J connectivity index is 2.01. The van der Waals surface area contributed by atoms with Crippen molar-refractivity contribution in [3.05, 3.63) is 29.1 Å². The molecule has 2 heterocycles. The lowest BCUT2D eigenvalue weighted by molar-refractivity contribution is -0.128. The number of carbonyl (C=O) groups is 1. The van der Waals surface area contributed by atoms with Crippen LogP contribution >= 0.6 is 0 Å². The topological polar surface area (TPSA) is 55.3 Å². The third-order valence-corrected chi connectivity index (χ3v) is 3.34. The molecule has 1 atom stereocenters. The summed E-state index contributed by atoms with van der Waals surface area (Å²) in [7, 11) is 0. The molecule has 1 aliphatic rings. The maximum Gasteiger partial charge on any atom is 0.317 e. The Morgan fingerprint density at radius 3 is 2.62 bits per heavy atom. The molecule has 1 saturated heterocycles. The summed E-state index contributed by atoms with van der Waals surface area (Å²) in [6.45, 7) is 9.09. The molecule has 0 aliphatic carbocycles. The Kier molecular flexibility index (Phi) is 4.94. The average Bonchev–Trinajstić information content (AvgIpc) is 2.37. The second-order valence-electron chi connectivity index (χ2n) is 5.82. The van der Waals surface area contributed by atoms with E-state index in [1.54, 1.807) is 6.08 Å². The third-order valence-electron chi connectivity index (χ3n) is 3.34. The number of carbonyl (C=O) groups excluding carboxylic acids is 1. The predicted molar refractivity (Wildman–Crippen MR) is 81.2 cm³/mol. The summed E-state index contributed by atoms with van der Waals surface area (Å²) in [5, 5.41) is 0. The molecule has 5 heteroatoms. The molecule has 114 valence electrons. The van der Waals surface area contributed by atoms with E-state index in [4.69, 9.17) is 4.74 Å². The summed E-state index contributed by atoms with van der Waals surface area (Å²) in [4.78, 5) is 22.5. The fraction of sp³-hybridized carbons (Fsp3) is 0.562. The first kappa shape index (κ1) is 15.5. The normalized spacial score (nSPS) is 18.3. The Bertz CT molecular complexity index is 530. The molecule has 0 bridgehead atoms. The highest BCUT2D eigenvalue weighted by Gasteiger charge is 2.24. The van der Waals surface area contributed by atoms with E-state index in [0.29, 0.717) is 12.6 Å². The second-order valence-corrected chi connectivity index (χ2v) is 5.82. The van der Waals surface area contributed by atoms with Gasteiger partial charge >= 0.3 is 6.01 Å². The van der Waals surface area contributed by atoms with Crippen molar-refractivity contribution in [2.24, 2.45) is 0 Å². The number of hydrogen-bond donors (Lipinski definition) is 0. The second kappa shape index (κ2) is 6.70. The number of hydrogen-bond acceptors (Lipinski definition) is 4. The highest BCUT2D eigenvalue weighted by Crippen LogP contribution is 2.17. The van der Waals surface area contributed by atoms with Crippen LogP contribution in [0.5, 0.6) is 6.01 Å².